The van der Waals surface area contributed by atoms with Gasteiger partial charge in [-0.05, 0) is 26.3 Å². The third-order valence-electron chi connectivity index (χ3n) is 2.66. The van der Waals surface area contributed by atoms with Crippen molar-refractivity contribution >= 4 is 16.0 Å². The van der Waals surface area contributed by atoms with E-state index in [4.69, 9.17) is 5.11 Å². The first-order valence-electron chi connectivity index (χ1n) is 5.99. The highest BCUT2D eigenvalue weighted by Gasteiger charge is 2.27. The van der Waals surface area contributed by atoms with E-state index in [1.807, 2.05) is 13.0 Å². The number of hydrogen-bond acceptors (Lipinski definition) is 3. The molecule has 0 fully saturated rings. The molecule has 0 amide bonds. The lowest BCUT2D eigenvalue weighted by atomic mass is 10.2. The highest BCUT2D eigenvalue weighted by Crippen LogP contribution is 2.14. The minimum absolute atomic E-state index is 0.180. The molecule has 106 valence electrons. The molecular formula is C13H19NO4S. The van der Waals surface area contributed by atoms with Crippen LogP contribution in [-0.2, 0) is 20.6 Å². The third-order valence-corrected chi connectivity index (χ3v) is 4.62. The molecule has 0 spiro atoms. The summed E-state index contributed by atoms with van der Waals surface area (Å²) in [5.41, 5.74) is 1.64. The summed E-state index contributed by atoms with van der Waals surface area (Å²) in [5.74, 6) is -1.33. The molecule has 19 heavy (non-hydrogen) atoms. The molecular weight excluding hydrogens is 266 g/mol. The van der Waals surface area contributed by atoms with Crippen LogP contribution in [0.4, 0.5) is 0 Å². The molecule has 0 saturated carbocycles. The maximum absolute atomic E-state index is 12.3. The van der Waals surface area contributed by atoms with Gasteiger partial charge in [0.25, 0.3) is 0 Å². The Kier molecular flexibility index (Phi) is 5.08. The van der Waals surface area contributed by atoms with Crippen LogP contribution in [0.3, 0.4) is 0 Å². The summed E-state index contributed by atoms with van der Waals surface area (Å²) < 4.78 is 25.5. The van der Waals surface area contributed by atoms with Crippen LogP contribution in [0.25, 0.3) is 0 Å². The predicted molar refractivity (Wildman–Crippen MR) is 73.3 cm³/mol. The Labute approximate surface area is 113 Å². The van der Waals surface area contributed by atoms with Crippen molar-refractivity contribution in [2.24, 2.45) is 0 Å². The molecule has 1 rings (SSSR count). The molecule has 1 aromatic carbocycles. The first-order valence-corrected chi connectivity index (χ1v) is 7.60. The minimum Gasteiger partial charge on any atom is -0.480 e. The number of carboxylic acids is 1. The second-order valence-corrected chi connectivity index (χ2v) is 6.70. The number of aryl methyl sites for hydroxylation is 1. The molecule has 0 heterocycles. The van der Waals surface area contributed by atoms with Gasteiger partial charge in [0.1, 0.15) is 6.54 Å². The van der Waals surface area contributed by atoms with E-state index < -0.39 is 22.5 Å². The van der Waals surface area contributed by atoms with E-state index in [9.17, 15) is 13.2 Å². The molecule has 6 heteroatoms. The molecule has 0 aromatic heterocycles. The van der Waals surface area contributed by atoms with Gasteiger partial charge in [0, 0.05) is 6.04 Å². The Morgan fingerprint density at radius 2 is 2.00 bits per heavy atom. The summed E-state index contributed by atoms with van der Waals surface area (Å²) in [7, 11) is -3.63. The average Bonchev–Trinajstić information content (AvgIpc) is 2.24. The maximum Gasteiger partial charge on any atom is 0.318 e. The van der Waals surface area contributed by atoms with Gasteiger partial charge in [-0.1, -0.05) is 29.8 Å². The quantitative estimate of drug-likeness (QED) is 0.862. The highest BCUT2D eigenvalue weighted by atomic mass is 32.2. The largest absolute Gasteiger partial charge is 0.480 e. The van der Waals surface area contributed by atoms with Crippen molar-refractivity contribution in [3.8, 4) is 0 Å². The fourth-order valence-electron chi connectivity index (χ4n) is 1.83. The van der Waals surface area contributed by atoms with Gasteiger partial charge in [-0.15, -0.1) is 0 Å². The van der Waals surface area contributed by atoms with Crippen LogP contribution in [-0.4, -0.2) is 36.4 Å². The zero-order chi connectivity index (χ0) is 14.6. The number of carboxylic acid groups (broad SMARTS) is 1. The highest BCUT2D eigenvalue weighted by molar-refractivity contribution is 7.88. The second kappa shape index (κ2) is 6.16. The molecule has 1 aromatic rings. The van der Waals surface area contributed by atoms with Crippen LogP contribution in [0.1, 0.15) is 25.0 Å². The molecule has 0 aliphatic heterocycles. The van der Waals surface area contributed by atoms with Gasteiger partial charge in [-0.25, -0.2) is 8.42 Å². The molecule has 0 unspecified atom stereocenters. The minimum atomic E-state index is -3.63. The number of nitrogens with zero attached hydrogens (tertiary/aromatic N) is 1. The third kappa shape index (κ3) is 4.65. The fourth-order valence-corrected chi connectivity index (χ4v) is 3.55. The van der Waals surface area contributed by atoms with Gasteiger partial charge in [-0.3, -0.25) is 4.79 Å². The summed E-state index contributed by atoms with van der Waals surface area (Å²) in [5, 5.41) is 8.80. The van der Waals surface area contributed by atoms with Crippen molar-refractivity contribution in [2.45, 2.75) is 32.6 Å². The Morgan fingerprint density at radius 1 is 1.37 bits per heavy atom. The van der Waals surface area contributed by atoms with Crippen LogP contribution in [0.5, 0.6) is 0 Å². The van der Waals surface area contributed by atoms with E-state index in [1.54, 1.807) is 32.0 Å². The molecule has 0 aliphatic carbocycles. The lowest BCUT2D eigenvalue weighted by molar-refractivity contribution is -0.137. The van der Waals surface area contributed by atoms with Crippen molar-refractivity contribution < 1.29 is 18.3 Å². The van der Waals surface area contributed by atoms with Crippen molar-refractivity contribution in [3.05, 3.63) is 35.4 Å². The van der Waals surface area contributed by atoms with E-state index in [1.165, 1.54) is 0 Å². The lowest BCUT2D eigenvalue weighted by Gasteiger charge is -2.24. The second-order valence-electron chi connectivity index (χ2n) is 4.78. The van der Waals surface area contributed by atoms with E-state index >= 15 is 0 Å². The number of benzene rings is 1. The number of sulfonamides is 1. The maximum atomic E-state index is 12.3. The summed E-state index contributed by atoms with van der Waals surface area (Å²) in [6.45, 7) is 4.70. The topological polar surface area (TPSA) is 74.7 Å². The van der Waals surface area contributed by atoms with Gasteiger partial charge >= 0.3 is 5.97 Å². The van der Waals surface area contributed by atoms with Crippen LogP contribution >= 0.6 is 0 Å². The summed E-state index contributed by atoms with van der Waals surface area (Å²) >= 11 is 0. The van der Waals surface area contributed by atoms with Crippen molar-refractivity contribution in [2.75, 3.05) is 6.54 Å². The van der Waals surface area contributed by atoms with Crippen LogP contribution in [0.15, 0.2) is 24.3 Å². The Balaban J connectivity index is 2.98. The fraction of sp³-hybridized carbons (Fsp3) is 0.462. The first kappa shape index (κ1) is 15.7. The Bertz CT molecular complexity index is 552. The predicted octanol–water partition coefficient (Wildman–Crippen LogP) is 1.62. The van der Waals surface area contributed by atoms with E-state index in [-0.39, 0.29) is 11.8 Å². The van der Waals surface area contributed by atoms with Gasteiger partial charge in [-0.2, -0.15) is 4.31 Å². The lowest BCUT2D eigenvalue weighted by Crippen LogP contribution is -2.41. The zero-order valence-electron chi connectivity index (χ0n) is 11.3. The molecule has 0 atom stereocenters. The molecule has 5 nitrogen and oxygen atoms in total. The van der Waals surface area contributed by atoms with Crippen molar-refractivity contribution in [1.82, 2.24) is 4.31 Å². The smallest absolute Gasteiger partial charge is 0.318 e. The van der Waals surface area contributed by atoms with Crippen LogP contribution in [0, 0.1) is 6.92 Å². The van der Waals surface area contributed by atoms with Gasteiger partial charge in [0.15, 0.2) is 0 Å². The summed E-state index contributed by atoms with van der Waals surface area (Å²) in [6, 6.07) is 6.80. The van der Waals surface area contributed by atoms with Gasteiger partial charge < -0.3 is 5.11 Å². The molecule has 0 aliphatic rings. The molecule has 0 bridgehead atoms. The number of aliphatic carboxylic acids is 1. The van der Waals surface area contributed by atoms with Crippen molar-refractivity contribution in [1.29, 1.82) is 0 Å². The zero-order valence-corrected chi connectivity index (χ0v) is 12.1. The monoisotopic (exact) mass is 285 g/mol. The summed E-state index contributed by atoms with van der Waals surface area (Å²) in [4.78, 5) is 10.8. The normalized spacial score (nSPS) is 12.1. The van der Waals surface area contributed by atoms with Crippen LogP contribution < -0.4 is 0 Å². The Morgan fingerprint density at radius 3 is 2.47 bits per heavy atom. The van der Waals surface area contributed by atoms with Crippen molar-refractivity contribution in [3.63, 3.8) is 0 Å². The van der Waals surface area contributed by atoms with E-state index in [0.717, 1.165) is 9.87 Å². The summed E-state index contributed by atoms with van der Waals surface area (Å²) in [6.07, 6.45) is 0. The van der Waals surface area contributed by atoms with Gasteiger partial charge in [0.05, 0.1) is 5.75 Å². The van der Waals surface area contributed by atoms with Crippen LogP contribution in [0.2, 0.25) is 0 Å². The number of hydrogen-bond donors (Lipinski definition) is 1. The van der Waals surface area contributed by atoms with E-state index in [0.29, 0.717) is 5.56 Å². The molecule has 0 radical (unpaired) electrons. The van der Waals surface area contributed by atoms with Gasteiger partial charge in [0.2, 0.25) is 10.0 Å². The molecule has 1 N–H and O–H groups in total. The average molecular weight is 285 g/mol. The number of carbonyl (C=O) groups is 1. The Hall–Kier alpha value is -1.40. The molecule has 0 saturated heterocycles. The standard InChI is InChI=1S/C13H19NO4S/c1-10(2)14(8-13(15)16)19(17,18)9-12-6-4-5-11(3)7-12/h4-7,10H,8-9H2,1-3H3,(H,15,16). The van der Waals surface area contributed by atoms with E-state index in [2.05, 4.69) is 0 Å². The number of rotatable bonds is 6. The SMILES string of the molecule is Cc1cccc(CS(=O)(=O)N(CC(=O)O)C(C)C)c1. The first-order chi connectivity index (χ1) is 8.72.